The summed E-state index contributed by atoms with van der Waals surface area (Å²) in [4.78, 5) is 18.5. The number of hydrogen-bond acceptors (Lipinski definition) is 5. The summed E-state index contributed by atoms with van der Waals surface area (Å²) in [5.74, 6) is 0.0243. The summed E-state index contributed by atoms with van der Waals surface area (Å²) < 4.78 is 25.2. The lowest BCUT2D eigenvalue weighted by Crippen LogP contribution is -2.49. The van der Waals surface area contributed by atoms with Crippen LogP contribution in [0.25, 0.3) is 0 Å². The molecule has 2 rings (SSSR count). The van der Waals surface area contributed by atoms with E-state index in [1.54, 1.807) is 0 Å². The summed E-state index contributed by atoms with van der Waals surface area (Å²) in [6.07, 6.45) is 1.43. The van der Waals surface area contributed by atoms with Crippen molar-refractivity contribution in [2.24, 2.45) is 0 Å². The number of benzene rings is 1. The molecular weight excluding hydrogens is 352 g/mol. The van der Waals surface area contributed by atoms with Crippen LogP contribution >= 0.6 is 0 Å². The van der Waals surface area contributed by atoms with Gasteiger partial charge in [-0.3, -0.25) is 4.79 Å². The molecule has 0 bridgehead atoms. The number of carbonyl (C=O) groups excluding carboxylic acids is 1. The Balaban J connectivity index is 1.82. The number of amides is 1. The van der Waals surface area contributed by atoms with E-state index >= 15 is 0 Å². The van der Waals surface area contributed by atoms with Gasteiger partial charge in [-0.25, -0.2) is 12.7 Å². The summed E-state index contributed by atoms with van der Waals surface area (Å²) in [7, 11) is 0.497. The average molecular weight is 383 g/mol. The summed E-state index contributed by atoms with van der Waals surface area (Å²) >= 11 is 0. The molecule has 7 nitrogen and oxygen atoms in total. The minimum atomic E-state index is -3.30. The van der Waals surface area contributed by atoms with Crippen molar-refractivity contribution >= 4 is 21.6 Å². The summed E-state index contributed by atoms with van der Waals surface area (Å²) in [6, 6.07) is 10.2. The molecule has 1 aromatic rings. The monoisotopic (exact) mass is 382 g/mol. The first-order chi connectivity index (χ1) is 12.3. The zero-order chi connectivity index (χ0) is 19.2. The van der Waals surface area contributed by atoms with Crippen molar-refractivity contribution in [3.63, 3.8) is 0 Å². The Morgan fingerprint density at radius 1 is 1.00 bits per heavy atom. The molecule has 1 aliphatic heterocycles. The highest BCUT2D eigenvalue weighted by molar-refractivity contribution is 7.88. The number of rotatable bonds is 8. The number of hydrogen-bond donors (Lipinski definition) is 0. The zero-order valence-electron chi connectivity index (χ0n) is 16.0. The average Bonchev–Trinajstić information content (AvgIpc) is 2.61. The fourth-order valence-electron chi connectivity index (χ4n) is 2.99. The zero-order valence-corrected chi connectivity index (χ0v) is 16.8. The van der Waals surface area contributed by atoms with Crippen molar-refractivity contribution < 1.29 is 13.2 Å². The molecule has 1 aromatic carbocycles. The third-order valence-electron chi connectivity index (χ3n) is 4.59. The summed E-state index contributed by atoms with van der Waals surface area (Å²) in [5, 5.41) is 0. The second-order valence-corrected chi connectivity index (χ2v) is 8.90. The van der Waals surface area contributed by atoms with E-state index in [4.69, 9.17) is 0 Å². The molecule has 1 amide bonds. The first kappa shape index (κ1) is 20.7. The van der Waals surface area contributed by atoms with E-state index in [9.17, 15) is 13.2 Å². The Morgan fingerprint density at radius 3 is 2.15 bits per heavy atom. The normalized spacial score (nSPS) is 15.7. The molecule has 1 heterocycles. The Labute approximate surface area is 157 Å². The van der Waals surface area contributed by atoms with Crippen LogP contribution in [0, 0.1) is 0 Å². The fourth-order valence-corrected chi connectivity index (χ4v) is 3.82. The van der Waals surface area contributed by atoms with Crippen molar-refractivity contribution in [1.29, 1.82) is 0 Å². The third kappa shape index (κ3) is 6.26. The van der Waals surface area contributed by atoms with Gasteiger partial charge in [-0.05, 0) is 26.2 Å². The van der Waals surface area contributed by atoms with Gasteiger partial charge in [0.25, 0.3) is 0 Å². The van der Waals surface area contributed by atoms with Crippen LogP contribution < -0.4 is 4.90 Å². The Morgan fingerprint density at radius 2 is 1.62 bits per heavy atom. The van der Waals surface area contributed by atoms with Crippen molar-refractivity contribution in [2.75, 3.05) is 71.1 Å². The molecule has 1 aliphatic rings. The summed E-state index contributed by atoms with van der Waals surface area (Å²) in [5.41, 5.74) is 1.17. The lowest BCUT2D eigenvalue weighted by Gasteiger charge is -2.36. The van der Waals surface area contributed by atoms with Crippen molar-refractivity contribution in [2.45, 2.75) is 6.42 Å². The SMILES string of the molecule is CN(C)CCN(CCC(=O)N1CCN(c2ccccc2)CC1)S(C)(=O)=O. The molecule has 0 atom stereocenters. The van der Waals surface area contributed by atoms with Gasteiger partial charge >= 0.3 is 0 Å². The molecule has 0 aliphatic carbocycles. The van der Waals surface area contributed by atoms with Gasteiger partial charge in [0.05, 0.1) is 6.26 Å². The first-order valence-electron chi connectivity index (χ1n) is 8.95. The molecule has 1 fully saturated rings. The van der Waals surface area contributed by atoms with E-state index in [1.165, 1.54) is 16.2 Å². The maximum atomic E-state index is 12.5. The maximum Gasteiger partial charge on any atom is 0.224 e. The van der Waals surface area contributed by atoms with E-state index < -0.39 is 10.0 Å². The molecule has 26 heavy (non-hydrogen) atoms. The number of carbonyl (C=O) groups is 1. The highest BCUT2D eigenvalue weighted by Crippen LogP contribution is 2.16. The molecule has 146 valence electrons. The van der Waals surface area contributed by atoms with Crippen LogP contribution in [-0.4, -0.2) is 94.6 Å². The van der Waals surface area contributed by atoms with E-state index in [1.807, 2.05) is 42.1 Å². The lowest BCUT2D eigenvalue weighted by molar-refractivity contribution is -0.131. The number of likely N-dealkylation sites (N-methyl/N-ethyl adjacent to an activating group) is 1. The van der Waals surface area contributed by atoms with E-state index in [0.717, 1.165) is 13.1 Å². The van der Waals surface area contributed by atoms with Gasteiger partial charge in [-0.2, -0.15) is 0 Å². The predicted molar refractivity (Wildman–Crippen MR) is 105 cm³/mol. The van der Waals surface area contributed by atoms with Crippen LogP contribution in [-0.2, 0) is 14.8 Å². The second kappa shape index (κ2) is 9.34. The minimum absolute atomic E-state index is 0.0243. The standard InChI is InChI=1S/C18H30N4O3S/c1-19(2)11-16-22(26(3,24)25)10-9-18(23)21-14-12-20(13-15-21)17-7-5-4-6-8-17/h4-8H,9-16H2,1-3H3. The van der Waals surface area contributed by atoms with Crippen LogP contribution in [0.1, 0.15) is 6.42 Å². The highest BCUT2D eigenvalue weighted by Gasteiger charge is 2.23. The number of para-hydroxylation sites is 1. The van der Waals surface area contributed by atoms with Gasteiger partial charge < -0.3 is 14.7 Å². The van der Waals surface area contributed by atoms with Crippen molar-refractivity contribution in [1.82, 2.24) is 14.1 Å². The van der Waals surface area contributed by atoms with E-state index in [0.29, 0.717) is 26.2 Å². The van der Waals surface area contributed by atoms with Crippen LogP contribution in [0.4, 0.5) is 5.69 Å². The molecule has 0 spiro atoms. The van der Waals surface area contributed by atoms with Crippen LogP contribution in [0.2, 0.25) is 0 Å². The topological polar surface area (TPSA) is 64.2 Å². The Bertz CT molecular complexity index is 671. The van der Waals surface area contributed by atoms with Crippen molar-refractivity contribution in [3.8, 4) is 0 Å². The first-order valence-corrected chi connectivity index (χ1v) is 10.8. The summed E-state index contributed by atoms with van der Waals surface area (Å²) in [6.45, 7) is 4.22. The molecule has 1 saturated heterocycles. The van der Waals surface area contributed by atoms with Crippen LogP contribution in [0.5, 0.6) is 0 Å². The van der Waals surface area contributed by atoms with Gasteiger partial charge in [0.1, 0.15) is 0 Å². The van der Waals surface area contributed by atoms with Crippen LogP contribution in [0.3, 0.4) is 0 Å². The molecule has 0 unspecified atom stereocenters. The molecular formula is C18H30N4O3S. The molecule has 0 saturated carbocycles. The quantitative estimate of drug-likeness (QED) is 0.657. The molecule has 0 N–H and O–H groups in total. The second-order valence-electron chi connectivity index (χ2n) is 6.92. The lowest BCUT2D eigenvalue weighted by atomic mass is 10.2. The van der Waals surface area contributed by atoms with E-state index in [2.05, 4.69) is 17.0 Å². The van der Waals surface area contributed by atoms with Gasteiger partial charge in [0.2, 0.25) is 15.9 Å². The van der Waals surface area contributed by atoms with Gasteiger partial charge in [-0.15, -0.1) is 0 Å². The fraction of sp³-hybridized carbons (Fsp3) is 0.611. The smallest absolute Gasteiger partial charge is 0.224 e. The molecule has 8 heteroatoms. The van der Waals surface area contributed by atoms with Gasteiger partial charge in [0, 0.05) is 57.9 Å². The van der Waals surface area contributed by atoms with Crippen LogP contribution in [0.15, 0.2) is 30.3 Å². The third-order valence-corrected chi connectivity index (χ3v) is 5.90. The Hall–Kier alpha value is -1.64. The minimum Gasteiger partial charge on any atom is -0.368 e. The van der Waals surface area contributed by atoms with E-state index in [-0.39, 0.29) is 18.9 Å². The highest BCUT2D eigenvalue weighted by atomic mass is 32.2. The maximum absolute atomic E-state index is 12.5. The largest absolute Gasteiger partial charge is 0.368 e. The number of nitrogens with zero attached hydrogens (tertiary/aromatic N) is 4. The van der Waals surface area contributed by atoms with Crippen molar-refractivity contribution in [3.05, 3.63) is 30.3 Å². The van der Waals surface area contributed by atoms with Gasteiger partial charge in [0.15, 0.2) is 0 Å². The Kier molecular flexibility index (Phi) is 7.43. The predicted octanol–water partition coefficient (Wildman–Crippen LogP) is 0.549. The molecule has 0 radical (unpaired) electrons. The van der Waals surface area contributed by atoms with Gasteiger partial charge in [-0.1, -0.05) is 18.2 Å². The molecule has 0 aromatic heterocycles. The number of sulfonamides is 1. The number of piperazine rings is 1. The number of anilines is 1.